The number of hydrogen-bond acceptors (Lipinski definition) is 4. The van der Waals surface area contributed by atoms with Crippen LogP contribution < -0.4 is 5.32 Å². The van der Waals surface area contributed by atoms with Gasteiger partial charge in [-0.2, -0.15) is 0 Å². The molecule has 0 spiro atoms. The van der Waals surface area contributed by atoms with Crippen LogP contribution in [0.5, 0.6) is 5.75 Å². The Balaban J connectivity index is 2.03. The standard InChI is InChI=1S/C15H9Cl4NO4/c16-9-5-10(17)13(19)14(12(9)18)20-11(22)6-24-15(23)7-2-1-3-8(21)4-7/h1-5,21H,6H2,(H,20,22). The summed E-state index contributed by atoms with van der Waals surface area (Å²) in [6, 6.07) is 6.86. The summed E-state index contributed by atoms with van der Waals surface area (Å²) < 4.78 is 4.84. The molecule has 9 heteroatoms. The number of halogens is 4. The molecular formula is C15H9Cl4NO4. The fraction of sp³-hybridized carbons (Fsp3) is 0.0667. The average molecular weight is 409 g/mol. The maximum absolute atomic E-state index is 11.9. The van der Waals surface area contributed by atoms with E-state index in [0.717, 1.165) is 0 Å². The van der Waals surface area contributed by atoms with Gasteiger partial charge in [-0.1, -0.05) is 52.5 Å². The summed E-state index contributed by atoms with van der Waals surface area (Å²) in [5.41, 5.74) is 0.124. The first-order valence-corrected chi connectivity index (χ1v) is 7.89. The molecule has 1 amide bonds. The SMILES string of the molecule is O=C(COC(=O)c1cccc(O)c1)Nc1c(Cl)c(Cl)cc(Cl)c1Cl. The van der Waals surface area contributed by atoms with Crippen LogP contribution in [0.15, 0.2) is 30.3 Å². The second kappa shape index (κ2) is 7.94. The number of phenolic OH excluding ortho intramolecular Hbond substituents is 1. The van der Waals surface area contributed by atoms with E-state index in [9.17, 15) is 14.7 Å². The number of anilines is 1. The number of phenols is 1. The van der Waals surface area contributed by atoms with Crippen molar-refractivity contribution in [1.82, 2.24) is 0 Å². The lowest BCUT2D eigenvalue weighted by atomic mass is 10.2. The van der Waals surface area contributed by atoms with E-state index in [2.05, 4.69) is 5.32 Å². The molecule has 5 nitrogen and oxygen atoms in total. The van der Waals surface area contributed by atoms with Gasteiger partial charge in [0.05, 0.1) is 31.3 Å². The van der Waals surface area contributed by atoms with E-state index in [-0.39, 0.29) is 37.1 Å². The van der Waals surface area contributed by atoms with Crippen LogP contribution in [0.1, 0.15) is 10.4 Å². The van der Waals surface area contributed by atoms with Gasteiger partial charge in [0.1, 0.15) is 5.75 Å². The summed E-state index contributed by atoms with van der Waals surface area (Å²) in [5, 5.41) is 11.9. The van der Waals surface area contributed by atoms with Crippen molar-refractivity contribution < 1.29 is 19.4 Å². The molecule has 2 rings (SSSR count). The van der Waals surface area contributed by atoms with Crippen LogP contribution in [-0.2, 0) is 9.53 Å². The molecule has 0 saturated carbocycles. The molecule has 0 aliphatic rings. The van der Waals surface area contributed by atoms with Crippen LogP contribution in [0.2, 0.25) is 20.1 Å². The molecule has 24 heavy (non-hydrogen) atoms. The Morgan fingerprint density at radius 1 is 1.04 bits per heavy atom. The van der Waals surface area contributed by atoms with Gasteiger partial charge in [-0.05, 0) is 24.3 Å². The Bertz CT molecular complexity index is 784. The minimum absolute atomic E-state index is 0.0127. The minimum Gasteiger partial charge on any atom is -0.508 e. The van der Waals surface area contributed by atoms with E-state index in [1.54, 1.807) is 0 Å². The fourth-order valence-corrected chi connectivity index (χ4v) is 2.61. The summed E-state index contributed by atoms with van der Waals surface area (Å²) in [7, 11) is 0. The maximum atomic E-state index is 11.9. The third-order valence-corrected chi connectivity index (χ3v) is 4.37. The van der Waals surface area contributed by atoms with Crippen molar-refractivity contribution in [3.8, 4) is 5.75 Å². The van der Waals surface area contributed by atoms with Crippen molar-refractivity contribution in [3.63, 3.8) is 0 Å². The molecule has 0 fully saturated rings. The van der Waals surface area contributed by atoms with Gasteiger partial charge < -0.3 is 15.2 Å². The third-order valence-electron chi connectivity index (χ3n) is 2.79. The lowest BCUT2D eigenvalue weighted by Crippen LogP contribution is -2.21. The number of esters is 1. The Kier molecular flexibility index (Phi) is 6.18. The van der Waals surface area contributed by atoms with Gasteiger partial charge in [0.15, 0.2) is 6.61 Å². The minimum atomic E-state index is -0.776. The number of hydrogen-bond donors (Lipinski definition) is 2. The molecule has 0 aliphatic carbocycles. The van der Waals surface area contributed by atoms with Crippen molar-refractivity contribution in [1.29, 1.82) is 0 Å². The first-order chi connectivity index (χ1) is 11.3. The zero-order chi connectivity index (χ0) is 17.9. The van der Waals surface area contributed by atoms with E-state index in [1.807, 2.05) is 0 Å². The summed E-state index contributed by atoms with van der Waals surface area (Å²) in [6.45, 7) is -0.592. The number of nitrogens with one attached hydrogen (secondary N) is 1. The van der Waals surface area contributed by atoms with Gasteiger partial charge in [0, 0.05) is 0 Å². The number of ether oxygens (including phenoxy) is 1. The second-order valence-electron chi connectivity index (χ2n) is 4.52. The third kappa shape index (κ3) is 4.45. The maximum Gasteiger partial charge on any atom is 0.338 e. The molecule has 0 aliphatic heterocycles. The summed E-state index contributed by atoms with van der Waals surface area (Å²) >= 11 is 23.7. The number of aromatic hydroxyl groups is 1. The highest BCUT2D eigenvalue weighted by atomic mass is 35.5. The number of benzene rings is 2. The highest BCUT2D eigenvalue weighted by Crippen LogP contribution is 2.40. The zero-order valence-corrected chi connectivity index (χ0v) is 14.8. The van der Waals surface area contributed by atoms with Gasteiger partial charge in [-0.25, -0.2) is 4.79 Å². The summed E-state index contributed by atoms with van der Waals surface area (Å²) in [5.74, 6) is -1.56. The van der Waals surface area contributed by atoms with Crippen LogP contribution in [-0.4, -0.2) is 23.6 Å². The van der Waals surface area contributed by atoms with E-state index in [0.29, 0.717) is 0 Å². The molecule has 0 radical (unpaired) electrons. The Morgan fingerprint density at radius 2 is 1.67 bits per heavy atom. The van der Waals surface area contributed by atoms with Gasteiger partial charge in [-0.15, -0.1) is 0 Å². The molecule has 2 aromatic carbocycles. The van der Waals surface area contributed by atoms with Crippen LogP contribution in [0.3, 0.4) is 0 Å². The van der Waals surface area contributed by atoms with Crippen LogP contribution in [0.25, 0.3) is 0 Å². The molecule has 0 bridgehead atoms. The van der Waals surface area contributed by atoms with Crippen molar-refractivity contribution >= 4 is 64.0 Å². The first kappa shape index (κ1) is 18.7. The monoisotopic (exact) mass is 407 g/mol. The molecule has 2 N–H and O–H groups in total. The van der Waals surface area contributed by atoms with E-state index < -0.39 is 18.5 Å². The summed E-state index contributed by atoms with van der Waals surface area (Å²) in [4.78, 5) is 23.7. The van der Waals surface area contributed by atoms with Crippen LogP contribution in [0, 0.1) is 0 Å². The largest absolute Gasteiger partial charge is 0.508 e. The highest BCUT2D eigenvalue weighted by Gasteiger charge is 2.17. The Labute approximate surface area is 157 Å². The second-order valence-corrected chi connectivity index (χ2v) is 6.09. The smallest absolute Gasteiger partial charge is 0.338 e. The van der Waals surface area contributed by atoms with Crippen molar-refractivity contribution in [2.45, 2.75) is 0 Å². The Hall–Kier alpha value is -1.66. The molecule has 126 valence electrons. The van der Waals surface area contributed by atoms with Gasteiger partial charge in [0.25, 0.3) is 5.91 Å². The predicted molar refractivity (Wildman–Crippen MR) is 93.5 cm³/mol. The number of rotatable bonds is 4. The lowest BCUT2D eigenvalue weighted by Gasteiger charge is -2.12. The molecule has 0 saturated heterocycles. The van der Waals surface area contributed by atoms with Crippen LogP contribution in [0.4, 0.5) is 5.69 Å². The molecule has 0 heterocycles. The highest BCUT2D eigenvalue weighted by molar-refractivity contribution is 6.50. The predicted octanol–water partition coefficient (Wildman–Crippen LogP) is 4.80. The zero-order valence-electron chi connectivity index (χ0n) is 11.8. The van der Waals surface area contributed by atoms with Crippen LogP contribution >= 0.6 is 46.4 Å². The van der Waals surface area contributed by atoms with Gasteiger partial charge >= 0.3 is 5.97 Å². The normalized spacial score (nSPS) is 10.3. The van der Waals surface area contributed by atoms with Crippen molar-refractivity contribution in [3.05, 3.63) is 56.0 Å². The number of carbonyl (C=O) groups is 2. The lowest BCUT2D eigenvalue weighted by molar-refractivity contribution is -0.119. The summed E-state index contributed by atoms with van der Waals surface area (Å²) in [6.07, 6.45) is 0. The van der Waals surface area contributed by atoms with Gasteiger partial charge in [-0.3, -0.25) is 4.79 Å². The quantitative estimate of drug-likeness (QED) is 0.562. The van der Waals surface area contributed by atoms with E-state index >= 15 is 0 Å². The molecule has 0 aromatic heterocycles. The van der Waals surface area contributed by atoms with Crippen molar-refractivity contribution in [2.75, 3.05) is 11.9 Å². The topological polar surface area (TPSA) is 75.6 Å². The first-order valence-electron chi connectivity index (χ1n) is 6.38. The van der Waals surface area contributed by atoms with Gasteiger partial charge in [0.2, 0.25) is 0 Å². The number of carbonyl (C=O) groups excluding carboxylic acids is 2. The molecule has 0 unspecified atom stereocenters. The Morgan fingerprint density at radius 3 is 2.25 bits per heavy atom. The molecule has 2 aromatic rings. The fourth-order valence-electron chi connectivity index (χ4n) is 1.71. The molecule has 0 atom stereocenters. The molecular weight excluding hydrogens is 400 g/mol. The average Bonchev–Trinajstić information content (AvgIpc) is 2.54. The van der Waals surface area contributed by atoms with Crippen molar-refractivity contribution in [2.24, 2.45) is 0 Å². The number of amides is 1. The van der Waals surface area contributed by atoms with E-state index in [4.69, 9.17) is 51.1 Å². The van der Waals surface area contributed by atoms with E-state index in [1.165, 1.54) is 30.3 Å².